The van der Waals surface area contributed by atoms with Crippen LogP contribution >= 0.6 is 0 Å². The van der Waals surface area contributed by atoms with E-state index in [0.717, 1.165) is 42.8 Å². The summed E-state index contributed by atoms with van der Waals surface area (Å²) in [5, 5.41) is 6.22. The van der Waals surface area contributed by atoms with E-state index in [4.69, 9.17) is 0 Å². The molecule has 2 N–H and O–H groups in total. The van der Waals surface area contributed by atoms with Crippen LogP contribution in [0.4, 0.5) is 0 Å². The van der Waals surface area contributed by atoms with E-state index in [0.29, 0.717) is 6.54 Å². The van der Waals surface area contributed by atoms with Gasteiger partial charge in [0, 0.05) is 26.6 Å². The van der Waals surface area contributed by atoms with E-state index < -0.39 is 0 Å². The maximum Gasteiger partial charge on any atom is 0.224 e. The number of benzene rings is 1. The summed E-state index contributed by atoms with van der Waals surface area (Å²) in [4.78, 5) is 16.5. The van der Waals surface area contributed by atoms with Crippen molar-refractivity contribution in [2.75, 3.05) is 19.6 Å². The van der Waals surface area contributed by atoms with Crippen LogP contribution in [0, 0.1) is 5.92 Å². The zero-order valence-corrected chi connectivity index (χ0v) is 11.7. The zero-order chi connectivity index (χ0) is 13.9. The molecule has 0 saturated carbocycles. The van der Waals surface area contributed by atoms with Crippen LogP contribution in [0.1, 0.15) is 12.2 Å². The molecule has 5 heteroatoms. The van der Waals surface area contributed by atoms with Crippen LogP contribution in [0.5, 0.6) is 0 Å². The van der Waals surface area contributed by atoms with E-state index in [1.807, 2.05) is 25.2 Å². The first kappa shape index (κ1) is 13.1. The highest BCUT2D eigenvalue weighted by molar-refractivity contribution is 5.79. The molecule has 20 heavy (non-hydrogen) atoms. The molecule has 106 valence electrons. The van der Waals surface area contributed by atoms with Gasteiger partial charge in [0.1, 0.15) is 5.82 Å². The van der Waals surface area contributed by atoms with Gasteiger partial charge in [0.25, 0.3) is 0 Å². The number of nitrogens with zero attached hydrogens (tertiary/aromatic N) is 2. The summed E-state index contributed by atoms with van der Waals surface area (Å²) in [6.07, 6.45) is 1.70. The predicted molar refractivity (Wildman–Crippen MR) is 78.4 cm³/mol. The summed E-state index contributed by atoms with van der Waals surface area (Å²) < 4.78 is 2.10. The molecule has 0 spiro atoms. The number of imidazole rings is 1. The number of aryl methyl sites for hydroxylation is 1. The van der Waals surface area contributed by atoms with Crippen molar-refractivity contribution in [3.8, 4) is 0 Å². The minimum atomic E-state index is 0.135. The lowest BCUT2D eigenvalue weighted by atomic mass is 10.1. The van der Waals surface area contributed by atoms with E-state index in [-0.39, 0.29) is 11.8 Å². The minimum Gasteiger partial charge on any atom is -0.355 e. The van der Waals surface area contributed by atoms with Crippen molar-refractivity contribution < 1.29 is 4.79 Å². The van der Waals surface area contributed by atoms with Crippen LogP contribution in [-0.4, -0.2) is 35.1 Å². The van der Waals surface area contributed by atoms with Gasteiger partial charge in [-0.1, -0.05) is 12.1 Å². The molecule has 1 aliphatic heterocycles. The Morgan fingerprint density at radius 2 is 2.35 bits per heavy atom. The molecule has 0 radical (unpaired) electrons. The molecule has 0 aliphatic carbocycles. The van der Waals surface area contributed by atoms with E-state index in [2.05, 4.69) is 26.3 Å². The van der Waals surface area contributed by atoms with Gasteiger partial charge in [-0.3, -0.25) is 4.79 Å². The second kappa shape index (κ2) is 5.63. The number of aromatic nitrogens is 2. The van der Waals surface area contributed by atoms with E-state index >= 15 is 0 Å². The summed E-state index contributed by atoms with van der Waals surface area (Å²) >= 11 is 0. The zero-order valence-electron chi connectivity index (χ0n) is 11.7. The minimum absolute atomic E-state index is 0.135. The van der Waals surface area contributed by atoms with Gasteiger partial charge >= 0.3 is 0 Å². The lowest BCUT2D eigenvalue weighted by Gasteiger charge is -2.09. The van der Waals surface area contributed by atoms with Gasteiger partial charge in [0.15, 0.2) is 0 Å². The predicted octanol–water partition coefficient (Wildman–Crippen LogP) is 0.842. The van der Waals surface area contributed by atoms with Crippen molar-refractivity contribution in [2.45, 2.75) is 12.8 Å². The number of carbonyl (C=O) groups excluding carboxylic acids is 1. The van der Waals surface area contributed by atoms with Gasteiger partial charge in [-0.25, -0.2) is 4.98 Å². The highest BCUT2D eigenvalue weighted by Crippen LogP contribution is 2.14. The Morgan fingerprint density at radius 1 is 1.50 bits per heavy atom. The summed E-state index contributed by atoms with van der Waals surface area (Å²) in [7, 11) is 2.02. The van der Waals surface area contributed by atoms with Crippen LogP contribution in [0.15, 0.2) is 24.3 Å². The highest BCUT2D eigenvalue weighted by atomic mass is 16.1. The number of hydrogen-bond acceptors (Lipinski definition) is 3. The second-order valence-electron chi connectivity index (χ2n) is 5.31. The molecule has 2 heterocycles. The normalized spacial score (nSPS) is 18.6. The average Bonchev–Trinajstić information content (AvgIpc) is 3.09. The summed E-state index contributed by atoms with van der Waals surface area (Å²) in [6, 6.07) is 8.09. The molecule has 1 atom stereocenters. The third-order valence-electron chi connectivity index (χ3n) is 3.96. The molecule has 0 bridgehead atoms. The maximum absolute atomic E-state index is 11.9. The monoisotopic (exact) mass is 272 g/mol. The Bertz CT molecular complexity index is 613. The standard InChI is InChI=1S/C15H20N4O/c1-19-13-5-3-2-4-12(13)18-14(19)7-9-17-15(20)11-6-8-16-10-11/h2-5,11,16H,6-10H2,1H3,(H,17,20)/t11-/m1/s1. The lowest BCUT2D eigenvalue weighted by molar-refractivity contribution is -0.124. The number of nitrogens with one attached hydrogen (secondary N) is 2. The van der Waals surface area contributed by atoms with Crippen LogP contribution < -0.4 is 10.6 Å². The topological polar surface area (TPSA) is 59.0 Å². The van der Waals surface area contributed by atoms with Crippen LogP contribution in [-0.2, 0) is 18.3 Å². The fourth-order valence-corrected chi connectivity index (χ4v) is 2.74. The quantitative estimate of drug-likeness (QED) is 0.867. The first-order valence-corrected chi connectivity index (χ1v) is 7.14. The van der Waals surface area contributed by atoms with Crippen molar-refractivity contribution in [2.24, 2.45) is 13.0 Å². The fourth-order valence-electron chi connectivity index (χ4n) is 2.74. The van der Waals surface area contributed by atoms with Crippen LogP contribution in [0.25, 0.3) is 11.0 Å². The molecule has 1 amide bonds. The van der Waals surface area contributed by atoms with Crippen LogP contribution in [0.2, 0.25) is 0 Å². The molecule has 1 aromatic heterocycles. The van der Waals surface area contributed by atoms with Crippen molar-refractivity contribution in [1.29, 1.82) is 0 Å². The molecule has 1 saturated heterocycles. The summed E-state index contributed by atoms with van der Waals surface area (Å²) in [5.74, 6) is 1.31. The summed E-state index contributed by atoms with van der Waals surface area (Å²) in [5.41, 5.74) is 2.14. The third kappa shape index (κ3) is 2.54. The maximum atomic E-state index is 11.9. The Hall–Kier alpha value is -1.88. The van der Waals surface area contributed by atoms with Crippen molar-refractivity contribution in [3.05, 3.63) is 30.1 Å². The molecule has 1 aromatic carbocycles. The third-order valence-corrected chi connectivity index (χ3v) is 3.96. The molecular weight excluding hydrogens is 252 g/mol. The second-order valence-corrected chi connectivity index (χ2v) is 5.31. The fraction of sp³-hybridized carbons (Fsp3) is 0.467. The van der Waals surface area contributed by atoms with Crippen LogP contribution in [0.3, 0.4) is 0 Å². The summed E-state index contributed by atoms with van der Waals surface area (Å²) in [6.45, 7) is 2.40. The number of rotatable bonds is 4. The number of carbonyl (C=O) groups is 1. The smallest absolute Gasteiger partial charge is 0.224 e. The van der Waals surface area contributed by atoms with Crippen molar-refractivity contribution in [1.82, 2.24) is 20.2 Å². The van der Waals surface area contributed by atoms with E-state index in [1.54, 1.807) is 0 Å². The Morgan fingerprint density at radius 3 is 3.10 bits per heavy atom. The Labute approximate surface area is 118 Å². The SMILES string of the molecule is Cn1c(CCNC(=O)[C@@H]2CCNC2)nc2ccccc21. The van der Waals surface area contributed by atoms with Gasteiger partial charge in [-0.05, 0) is 25.1 Å². The Kier molecular flexibility index (Phi) is 3.69. The van der Waals surface area contributed by atoms with Gasteiger partial charge in [-0.15, -0.1) is 0 Å². The van der Waals surface area contributed by atoms with Crippen molar-refractivity contribution >= 4 is 16.9 Å². The van der Waals surface area contributed by atoms with Crippen molar-refractivity contribution in [3.63, 3.8) is 0 Å². The molecular formula is C15H20N4O. The number of hydrogen-bond donors (Lipinski definition) is 2. The molecule has 1 aliphatic rings. The van der Waals surface area contributed by atoms with Gasteiger partial charge < -0.3 is 15.2 Å². The molecule has 3 rings (SSSR count). The van der Waals surface area contributed by atoms with Gasteiger partial charge in [-0.2, -0.15) is 0 Å². The van der Waals surface area contributed by atoms with Gasteiger partial charge in [0.05, 0.1) is 17.0 Å². The average molecular weight is 272 g/mol. The van der Waals surface area contributed by atoms with E-state index in [1.165, 1.54) is 0 Å². The molecule has 5 nitrogen and oxygen atoms in total. The van der Waals surface area contributed by atoms with Gasteiger partial charge in [0.2, 0.25) is 5.91 Å². The Balaban J connectivity index is 1.59. The number of para-hydroxylation sites is 2. The first-order chi connectivity index (χ1) is 9.75. The highest BCUT2D eigenvalue weighted by Gasteiger charge is 2.21. The molecule has 0 unspecified atom stereocenters. The largest absolute Gasteiger partial charge is 0.355 e. The molecule has 2 aromatic rings. The first-order valence-electron chi connectivity index (χ1n) is 7.14. The number of fused-ring (bicyclic) bond motifs is 1. The molecule has 1 fully saturated rings. The number of amides is 1. The lowest BCUT2D eigenvalue weighted by Crippen LogP contribution is -2.33. The van der Waals surface area contributed by atoms with E-state index in [9.17, 15) is 4.79 Å².